The molecule has 1 rings (SSSR count). The number of amides is 1. The molecule has 0 saturated heterocycles. The van der Waals surface area contributed by atoms with Crippen LogP contribution in [-0.2, 0) is 11.3 Å². The molecule has 0 radical (unpaired) electrons. The highest BCUT2D eigenvalue weighted by atomic mass is 32.2. The molecule has 0 aliphatic heterocycles. The monoisotopic (exact) mass is 267 g/mol. The minimum atomic E-state index is 0.105. The van der Waals surface area contributed by atoms with Gasteiger partial charge in [0.15, 0.2) is 0 Å². The summed E-state index contributed by atoms with van der Waals surface area (Å²) in [7, 11) is 3.53. The minimum absolute atomic E-state index is 0.105. The zero-order valence-corrected chi connectivity index (χ0v) is 12.1. The van der Waals surface area contributed by atoms with E-state index < -0.39 is 0 Å². The van der Waals surface area contributed by atoms with Crippen molar-refractivity contribution in [3.63, 3.8) is 0 Å². The molecule has 0 aliphatic carbocycles. The van der Waals surface area contributed by atoms with Crippen LogP contribution in [0.15, 0.2) is 24.3 Å². The second kappa shape index (κ2) is 8.16. The third-order valence-corrected chi connectivity index (χ3v) is 3.48. The molecule has 0 aliphatic rings. The van der Waals surface area contributed by atoms with Gasteiger partial charge in [-0.1, -0.05) is 41.6 Å². The summed E-state index contributed by atoms with van der Waals surface area (Å²) in [6, 6.07) is 8.31. The Morgan fingerprint density at radius 3 is 2.83 bits per heavy atom. The van der Waals surface area contributed by atoms with Gasteiger partial charge >= 0.3 is 0 Å². The zero-order chi connectivity index (χ0) is 13.4. The molecule has 0 atom stereocenters. The van der Waals surface area contributed by atoms with Crippen LogP contribution in [0, 0.1) is 6.92 Å². The van der Waals surface area contributed by atoms with Crippen LogP contribution >= 0.6 is 11.8 Å². The molecule has 0 heterocycles. The Labute approximate surface area is 114 Å². The smallest absolute Gasteiger partial charge is 0.281 e. The molecule has 0 spiro atoms. The summed E-state index contributed by atoms with van der Waals surface area (Å²) in [5.41, 5.74) is 2.45. The average molecular weight is 267 g/mol. The van der Waals surface area contributed by atoms with E-state index in [9.17, 15) is 4.79 Å². The van der Waals surface area contributed by atoms with Crippen LogP contribution in [0.2, 0.25) is 0 Å². The van der Waals surface area contributed by atoms with E-state index in [-0.39, 0.29) is 5.24 Å². The van der Waals surface area contributed by atoms with Gasteiger partial charge in [0.1, 0.15) is 0 Å². The summed E-state index contributed by atoms with van der Waals surface area (Å²) in [5.74, 6) is 0.810. The van der Waals surface area contributed by atoms with E-state index in [2.05, 4.69) is 25.1 Å². The Morgan fingerprint density at radius 1 is 1.39 bits per heavy atom. The van der Waals surface area contributed by atoms with Crippen molar-refractivity contribution in [2.45, 2.75) is 20.0 Å². The maximum atomic E-state index is 11.3. The molecule has 3 nitrogen and oxygen atoms in total. The van der Waals surface area contributed by atoms with E-state index in [1.54, 1.807) is 19.0 Å². The normalized spacial score (nSPS) is 10.4. The highest BCUT2D eigenvalue weighted by molar-refractivity contribution is 8.13. The van der Waals surface area contributed by atoms with E-state index in [1.807, 2.05) is 6.07 Å². The summed E-state index contributed by atoms with van der Waals surface area (Å²) >= 11 is 1.34. The molecule has 0 fully saturated rings. The predicted molar refractivity (Wildman–Crippen MR) is 77.0 cm³/mol. The fourth-order valence-electron chi connectivity index (χ4n) is 1.44. The van der Waals surface area contributed by atoms with Crippen LogP contribution in [0.3, 0.4) is 0 Å². The Morgan fingerprint density at radius 2 is 2.17 bits per heavy atom. The van der Waals surface area contributed by atoms with Crippen molar-refractivity contribution < 1.29 is 9.53 Å². The molecule has 0 saturated carbocycles. The van der Waals surface area contributed by atoms with E-state index in [0.717, 1.165) is 12.2 Å². The second-order valence-corrected chi connectivity index (χ2v) is 5.45. The number of hydrogen-bond donors (Lipinski definition) is 0. The Balaban J connectivity index is 2.07. The van der Waals surface area contributed by atoms with Crippen molar-refractivity contribution in [1.82, 2.24) is 4.90 Å². The first kappa shape index (κ1) is 15.1. The molecule has 0 bridgehead atoms. The first-order valence-electron chi connectivity index (χ1n) is 6.07. The lowest BCUT2D eigenvalue weighted by atomic mass is 10.1. The maximum Gasteiger partial charge on any atom is 0.281 e. The van der Waals surface area contributed by atoms with Crippen LogP contribution in [0.4, 0.5) is 4.79 Å². The number of hydrogen-bond acceptors (Lipinski definition) is 3. The van der Waals surface area contributed by atoms with E-state index in [4.69, 9.17) is 4.74 Å². The van der Waals surface area contributed by atoms with Crippen molar-refractivity contribution in [2.75, 3.05) is 26.5 Å². The average Bonchev–Trinajstić information content (AvgIpc) is 2.33. The number of ether oxygens (including phenoxy) is 1. The lowest BCUT2D eigenvalue weighted by Gasteiger charge is -2.09. The summed E-state index contributed by atoms with van der Waals surface area (Å²) in [5, 5.41) is 0.105. The number of carbonyl (C=O) groups excluding carboxylic acids is 1. The molecule has 4 heteroatoms. The van der Waals surface area contributed by atoms with Gasteiger partial charge in [-0.3, -0.25) is 4.79 Å². The number of nitrogens with zero attached hydrogens (tertiary/aromatic N) is 1. The molecule has 100 valence electrons. The lowest BCUT2D eigenvalue weighted by molar-refractivity contribution is 0.122. The van der Waals surface area contributed by atoms with Gasteiger partial charge in [-0.2, -0.15) is 0 Å². The lowest BCUT2D eigenvalue weighted by Crippen LogP contribution is -2.16. The van der Waals surface area contributed by atoms with Crippen LogP contribution in [0.5, 0.6) is 0 Å². The largest absolute Gasteiger partial charge is 0.377 e. The number of benzene rings is 1. The number of carbonyl (C=O) groups is 1. The van der Waals surface area contributed by atoms with Gasteiger partial charge < -0.3 is 9.64 Å². The van der Waals surface area contributed by atoms with Crippen LogP contribution in [0.25, 0.3) is 0 Å². The summed E-state index contributed by atoms with van der Waals surface area (Å²) < 4.78 is 5.58. The van der Waals surface area contributed by atoms with Gasteiger partial charge in [0.05, 0.1) is 6.61 Å². The molecular formula is C14H21NO2S. The van der Waals surface area contributed by atoms with E-state index in [0.29, 0.717) is 13.2 Å². The fourth-order valence-corrected chi connectivity index (χ4v) is 2.14. The third-order valence-electron chi connectivity index (χ3n) is 2.37. The van der Waals surface area contributed by atoms with Gasteiger partial charge in [-0.25, -0.2) is 0 Å². The third kappa shape index (κ3) is 6.07. The molecule has 1 amide bonds. The predicted octanol–water partition coefficient (Wildman–Crippen LogP) is 3.32. The Hall–Kier alpha value is -1.00. The molecular weight excluding hydrogens is 246 g/mol. The Kier molecular flexibility index (Phi) is 6.83. The number of thioether (sulfide) groups is 1. The van der Waals surface area contributed by atoms with Crippen molar-refractivity contribution in [3.8, 4) is 0 Å². The van der Waals surface area contributed by atoms with Crippen molar-refractivity contribution in [1.29, 1.82) is 0 Å². The van der Waals surface area contributed by atoms with Gasteiger partial charge in [-0.05, 0) is 18.9 Å². The standard InChI is InChI=1S/C14H21NO2S/c1-12-6-4-7-13(10-12)11-17-8-5-9-18-14(16)15(2)3/h4,6-7,10H,5,8-9,11H2,1-3H3. The SMILES string of the molecule is Cc1cccc(COCCCSC(=O)N(C)C)c1. The van der Waals surface area contributed by atoms with Gasteiger partial charge in [-0.15, -0.1) is 0 Å². The minimum Gasteiger partial charge on any atom is -0.377 e. The zero-order valence-electron chi connectivity index (χ0n) is 11.3. The topological polar surface area (TPSA) is 29.5 Å². The molecule has 0 unspecified atom stereocenters. The summed E-state index contributed by atoms with van der Waals surface area (Å²) in [4.78, 5) is 12.9. The van der Waals surface area contributed by atoms with Crippen LogP contribution in [-0.4, -0.2) is 36.6 Å². The molecule has 0 aromatic heterocycles. The Bertz CT molecular complexity index is 380. The first-order chi connectivity index (χ1) is 8.59. The van der Waals surface area contributed by atoms with Crippen molar-refractivity contribution >= 4 is 17.0 Å². The summed E-state index contributed by atoms with van der Waals surface area (Å²) in [6.45, 7) is 3.42. The van der Waals surface area contributed by atoms with Crippen LogP contribution < -0.4 is 0 Å². The first-order valence-corrected chi connectivity index (χ1v) is 7.05. The highest BCUT2D eigenvalue weighted by Crippen LogP contribution is 2.09. The molecule has 0 N–H and O–H groups in total. The van der Waals surface area contributed by atoms with Gasteiger partial charge in [0, 0.05) is 26.5 Å². The number of aryl methyl sites for hydroxylation is 1. The van der Waals surface area contributed by atoms with E-state index in [1.165, 1.54) is 22.9 Å². The van der Waals surface area contributed by atoms with Crippen LogP contribution in [0.1, 0.15) is 17.5 Å². The maximum absolute atomic E-state index is 11.3. The van der Waals surface area contributed by atoms with Gasteiger partial charge in [0.2, 0.25) is 0 Å². The van der Waals surface area contributed by atoms with Crippen molar-refractivity contribution in [2.24, 2.45) is 0 Å². The van der Waals surface area contributed by atoms with E-state index >= 15 is 0 Å². The second-order valence-electron chi connectivity index (χ2n) is 4.40. The highest BCUT2D eigenvalue weighted by Gasteiger charge is 2.03. The van der Waals surface area contributed by atoms with Gasteiger partial charge in [0.25, 0.3) is 5.24 Å². The van der Waals surface area contributed by atoms with Crippen molar-refractivity contribution in [3.05, 3.63) is 35.4 Å². The molecule has 1 aromatic carbocycles. The summed E-state index contributed by atoms with van der Waals surface area (Å²) in [6.07, 6.45) is 0.899. The quantitative estimate of drug-likeness (QED) is 0.741. The number of rotatable bonds is 6. The molecule has 1 aromatic rings. The molecule has 18 heavy (non-hydrogen) atoms. The fraction of sp³-hybridized carbons (Fsp3) is 0.500.